The van der Waals surface area contributed by atoms with Crippen molar-refractivity contribution < 1.29 is 38.8 Å². The van der Waals surface area contributed by atoms with Crippen LogP contribution in [0.5, 0.6) is 0 Å². The maximum atomic E-state index is 12.0. The Morgan fingerprint density at radius 1 is 1.54 bits per heavy atom. The average Bonchev–Trinajstić information content (AvgIpc) is 3.13. The van der Waals surface area contributed by atoms with Crippen molar-refractivity contribution in [3.8, 4) is 0 Å². The number of aliphatic carboxylic acids is 1. The van der Waals surface area contributed by atoms with Crippen molar-refractivity contribution in [2.24, 2.45) is 0 Å². The summed E-state index contributed by atoms with van der Waals surface area (Å²) in [5, 5.41) is 32.2. The molecular formula is C14H20N3O10P. The number of carboxylic acid groups (broad SMARTS) is 1. The Morgan fingerprint density at radius 2 is 2.18 bits per heavy atom. The molecule has 1 aromatic rings. The van der Waals surface area contributed by atoms with Crippen LogP contribution in [0.1, 0.15) is 26.5 Å². The van der Waals surface area contributed by atoms with Gasteiger partial charge in [0.05, 0.1) is 6.61 Å². The molecule has 1 aromatic heterocycles. The van der Waals surface area contributed by atoms with Crippen molar-refractivity contribution in [1.82, 2.24) is 14.6 Å². The molecule has 2 fully saturated rings. The number of fused-ring (bicyclic) bond motifs is 1. The van der Waals surface area contributed by atoms with Crippen molar-refractivity contribution in [2.45, 2.75) is 49.3 Å². The molecule has 2 unspecified atom stereocenters. The van der Waals surface area contributed by atoms with Gasteiger partial charge in [0.1, 0.15) is 22.8 Å². The van der Waals surface area contributed by atoms with Crippen molar-refractivity contribution in [3.05, 3.63) is 33.1 Å². The first-order valence-corrected chi connectivity index (χ1v) is 9.74. The predicted molar refractivity (Wildman–Crippen MR) is 90.4 cm³/mol. The summed E-state index contributed by atoms with van der Waals surface area (Å²) < 4.78 is 23.4. The van der Waals surface area contributed by atoms with Crippen molar-refractivity contribution in [2.75, 3.05) is 6.61 Å². The Labute approximate surface area is 157 Å². The molecule has 0 bridgehead atoms. The standard InChI is InChI=1S/C14H20N3O10P/c1-7(9(19)20)16-28(24,25)26-6-13-5-14(13,23)12(2,22)10(27-13)17-4-3-8(18)15-11(17)21/h3-4,7,10,22-23H,5-6H2,1-2H3,(H,19,20)(H,15,18,21)(H2,16,24,25)/t7?,10-,12+,13-,14+/m1/s1. The number of H-pyrrole nitrogens is 1. The molecule has 3 rings (SSSR count). The first-order chi connectivity index (χ1) is 12.7. The van der Waals surface area contributed by atoms with Crippen LogP contribution in [0.4, 0.5) is 0 Å². The molecule has 14 heteroatoms. The van der Waals surface area contributed by atoms with E-state index in [-0.39, 0.29) is 6.42 Å². The SMILES string of the molecule is CC(NP(=O)(O)OC[C@]12C[C@]1(O)[C@@](C)(O)[C@H](n1ccc(=O)[nH]c1=O)O2)C(=O)O. The molecule has 1 saturated heterocycles. The highest BCUT2D eigenvalue weighted by molar-refractivity contribution is 7.50. The van der Waals surface area contributed by atoms with Gasteiger partial charge in [-0.25, -0.2) is 14.4 Å². The minimum Gasteiger partial charge on any atom is -0.480 e. The molecule has 2 heterocycles. The molecule has 0 aromatic carbocycles. The molecule has 13 nitrogen and oxygen atoms in total. The Kier molecular flexibility index (Phi) is 4.71. The Morgan fingerprint density at radius 3 is 2.75 bits per heavy atom. The van der Waals surface area contributed by atoms with Crippen molar-refractivity contribution >= 4 is 13.7 Å². The van der Waals surface area contributed by atoms with Crippen LogP contribution in [0, 0.1) is 0 Å². The zero-order valence-electron chi connectivity index (χ0n) is 14.9. The monoisotopic (exact) mass is 421 g/mol. The third kappa shape index (κ3) is 3.14. The number of rotatable bonds is 7. The fourth-order valence-electron chi connectivity index (χ4n) is 3.35. The van der Waals surface area contributed by atoms with Gasteiger partial charge in [0.25, 0.3) is 5.56 Å². The fourth-order valence-corrected chi connectivity index (χ4v) is 4.41. The van der Waals surface area contributed by atoms with Crippen LogP contribution in [-0.2, 0) is 18.6 Å². The number of hydrogen-bond acceptors (Lipinski definition) is 8. The number of aromatic amines is 1. The van der Waals surface area contributed by atoms with Crippen LogP contribution in [-0.4, -0.2) is 65.2 Å². The van der Waals surface area contributed by atoms with Gasteiger partial charge >= 0.3 is 19.4 Å². The van der Waals surface area contributed by atoms with Crippen molar-refractivity contribution in [1.29, 1.82) is 0 Å². The molecule has 28 heavy (non-hydrogen) atoms. The normalized spacial score (nSPS) is 37.1. The molecule has 1 aliphatic carbocycles. The van der Waals surface area contributed by atoms with Crippen LogP contribution in [0.15, 0.2) is 21.9 Å². The highest BCUT2D eigenvalue weighted by Gasteiger charge is 2.84. The largest absolute Gasteiger partial charge is 0.480 e. The van der Waals surface area contributed by atoms with Gasteiger partial charge in [0.15, 0.2) is 6.23 Å². The third-order valence-electron chi connectivity index (χ3n) is 5.13. The summed E-state index contributed by atoms with van der Waals surface area (Å²) >= 11 is 0. The molecule has 1 saturated carbocycles. The van der Waals surface area contributed by atoms with Gasteiger partial charge < -0.3 is 24.9 Å². The Bertz CT molecular complexity index is 973. The highest BCUT2D eigenvalue weighted by atomic mass is 31.2. The number of hydrogen-bond donors (Lipinski definition) is 6. The summed E-state index contributed by atoms with van der Waals surface area (Å²) in [6, 6.07) is -0.358. The molecule has 156 valence electrons. The lowest BCUT2D eigenvalue weighted by molar-refractivity contribution is -0.143. The van der Waals surface area contributed by atoms with Crippen molar-refractivity contribution in [3.63, 3.8) is 0 Å². The van der Waals surface area contributed by atoms with E-state index >= 15 is 0 Å². The quantitative estimate of drug-likeness (QED) is 0.263. The highest BCUT2D eigenvalue weighted by Crippen LogP contribution is 2.67. The Hall–Kier alpha value is -1.86. The average molecular weight is 421 g/mol. The van der Waals surface area contributed by atoms with E-state index in [1.165, 1.54) is 6.92 Å². The molecular weight excluding hydrogens is 401 g/mol. The predicted octanol–water partition coefficient (Wildman–Crippen LogP) is -2.13. The van der Waals surface area contributed by atoms with Gasteiger partial charge in [-0.3, -0.25) is 23.7 Å². The second kappa shape index (κ2) is 6.32. The smallest absolute Gasteiger partial charge is 0.403 e. The minimum absolute atomic E-state index is 0.157. The zero-order valence-corrected chi connectivity index (χ0v) is 15.8. The Balaban J connectivity index is 1.81. The van der Waals surface area contributed by atoms with Gasteiger partial charge in [0.2, 0.25) is 0 Å². The molecule has 1 aliphatic heterocycles. The molecule has 6 N–H and O–H groups in total. The number of nitrogens with one attached hydrogen (secondary N) is 2. The van der Waals surface area contributed by atoms with E-state index in [1.807, 2.05) is 10.1 Å². The molecule has 6 atom stereocenters. The summed E-state index contributed by atoms with van der Waals surface area (Å²) in [7, 11) is -4.57. The second-order valence-corrected chi connectivity index (χ2v) is 8.71. The fraction of sp³-hybridized carbons (Fsp3) is 0.643. The van der Waals surface area contributed by atoms with E-state index in [0.717, 1.165) is 23.8 Å². The van der Waals surface area contributed by atoms with E-state index in [0.29, 0.717) is 0 Å². The number of nitrogens with zero attached hydrogens (tertiary/aromatic N) is 1. The van der Waals surface area contributed by atoms with Crippen LogP contribution < -0.4 is 16.3 Å². The minimum atomic E-state index is -4.57. The number of ether oxygens (including phenoxy) is 1. The first-order valence-electron chi connectivity index (χ1n) is 8.17. The van der Waals surface area contributed by atoms with Gasteiger partial charge in [-0.05, 0) is 13.8 Å². The molecule has 0 spiro atoms. The van der Waals surface area contributed by atoms with E-state index in [9.17, 15) is 34.1 Å². The van der Waals surface area contributed by atoms with Gasteiger partial charge in [-0.1, -0.05) is 0 Å². The second-order valence-electron chi connectivity index (χ2n) is 7.15. The lowest BCUT2D eigenvalue weighted by atomic mass is 9.94. The van der Waals surface area contributed by atoms with Crippen LogP contribution in [0.25, 0.3) is 0 Å². The number of aromatic nitrogens is 2. The summed E-state index contributed by atoms with van der Waals surface area (Å²) in [5.74, 6) is -1.38. The zero-order chi connectivity index (χ0) is 21.1. The lowest BCUT2D eigenvalue weighted by Crippen LogP contribution is -2.49. The van der Waals surface area contributed by atoms with E-state index in [2.05, 4.69) is 0 Å². The van der Waals surface area contributed by atoms with Crippen LogP contribution in [0.2, 0.25) is 0 Å². The summed E-state index contributed by atoms with van der Waals surface area (Å²) in [6.07, 6.45) is -0.491. The topological polar surface area (TPSA) is 200 Å². The maximum absolute atomic E-state index is 12.0. The number of aliphatic hydroxyl groups is 2. The van der Waals surface area contributed by atoms with Crippen LogP contribution in [0.3, 0.4) is 0 Å². The van der Waals surface area contributed by atoms with Gasteiger partial charge in [0, 0.05) is 18.7 Å². The maximum Gasteiger partial charge on any atom is 0.403 e. The van der Waals surface area contributed by atoms with E-state index in [1.54, 1.807) is 0 Å². The summed E-state index contributed by atoms with van der Waals surface area (Å²) in [4.78, 5) is 45.8. The third-order valence-corrected chi connectivity index (χ3v) is 6.32. The molecule has 2 aliphatic rings. The van der Waals surface area contributed by atoms with Crippen LogP contribution >= 0.6 is 7.75 Å². The summed E-state index contributed by atoms with van der Waals surface area (Å²) in [5.41, 5.74) is -7.06. The first kappa shape index (κ1) is 20.9. The lowest BCUT2D eigenvalue weighted by Gasteiger charge is -2.31. The summed E-state index contributed by atoms with van der Waals surface area (Å²) in [6.45, 7) is 1.68. The van der Waals surface area contributed by atoms with E-state index < -0.39 is 60.6 Å². The van der Waals surface area contributed by atoms with Gasteiger partial charge in [-0.15, -0.1) is 0 Å². The number of carboxylic acids is 1. The molecule has 0 amide bonds. The van der Waals surface area contributed by atoms with Gasteiger partial charge in [-0.2, -0.15) is 0 Å². The van der Waals surface area contributed by atoms with E-state index in [4.69, 9.17) is 14.4 Å². The molecule has 0 radical (unpaired) electrons. The number of carbonyl (C=O) groups is 1.